The number of ether oxygens (including phenoxy) is 4. The van der Waals surface area contributed by atoms with Gasteiger partial charge < -0.3 is 33.8 Å². The number of aliphatic hydroxyl groups is 1. The van der Waals surface area contributed by atoms with Gasteiger partial charge in [0.25, 0.3) is 0 Å². The number of phosphoric acid groups is 2. The summed E-state index contributed by atoms with van der Waals surface area (Å²) in [5.41, 5.74) is 0. The zero-order chi connectivity index (χ0) is 76.0. The van der Waals surface area contributed by atoms with Gasteiger partial charge in [0.05, 0.1) is 26.4 Å². The lowest BCUT2D eigenvalue weighted by Crippen LogP contribution is -2.30. The SMILES string of the molecule is CC/C=C\C/C=C\C/C=C\C/C=C\CCCCCCC(=O)OCC(COP(=O)(O)OCC(O)COP(=O)(O)OCC(COC(=O)CCCCCCCC/C=C\C/C=C\C/C=C\CCCCC)OC(=O)CCCCCCC/C=C\C/C=C\CCC)OC(=O)CCCCCCC/C=C\C/C=C\CCCCC. The minimum Gasteiger partial charge on any atom is -0.462 e. The van der Waals surface area contributed by atoms with Crippen molar-refractivity contribution in [2.45, 2.75) is 341 Å². The number of phosphoric ester groups is 2. The van der Waals surface area contributed by atoms with Crippen LogP contribution in [0.25, 0.3) is 0 Å². The summed E-state index contributed by atoms with van der Waals surface area (Å²) in [5.74, 6) is -2.24. The third-order valence-electron chi connectivity index (χ3n) is 16.5. The molecule has 0 rings (SSSR count). The van der Waals surface area contributed by atoms with E-state index in [2.05, 4.69) is 161 Å². The molecule has 0 spiro atoms. The molecular weight excluding hydrogens is 1350 g/mol. The lowest BCUT2D eigenvalue weighted by atomic mass is 10.1. The lowest BCUT2D eigenvalue weighted by molar-refractivity contribution is -0.161. The minimum atomic E-state index is -4.99. The fourth-order valence-electron chi connectivity index (χ4n) is 10.4. The highest BCUT2D eigenvalue weighted by Crippen LogP contribution is 2.45. The molecule has 0 bridgehead atoms. The Morgan fingerprint density at radius 3 is 0.808 bits per heavy atom. The second-order valence-electron chi connectivity index (χ2n) is 26.6. The number of rotatable bonds is 75. The number of esters is 4. The predicted molar refractivity (Wildman–Crippen MR) is 427 cm³/mol. The molecule has 104 heavy (non-hydrogen) atoms. The van der Waals surface area contributed by atoms with E-state index < -0.39 is 97.5 Å². The molecule has 0 fully saturated rings. The van der Waals surface area contributed by atoms with Gasteiger partial charge in [0.15, 0.2) is 12.2 Å². The van der Waals surface area contributed by atoms with Gasteiger partial charge in [-0.05, 0) is 161 Å². The Morgan fingerprint density at radius 1 is 0.279 bits per heavy atom. The number of hydrogen-bond acceptors (Lipinski definition) is 15. The average molecular weight is 1500 g/mol. The van der Waals surface area contributed by atoms with Crippen LogP contribution in [0.4, 0.5) is 0 Å². The zero-order valence-corrected chi connectivity index (χ0v) is 66.9. The summed E-state index contributed by atoms with van der Waals surface area (Å²) in [6, 6.07) is 0. The number of aliphatic hydroxyl groups excluding tert-OH is 1. The Labute approximate surface area is 631 Å². The van der Waals surface area contributed by atoms with Crippen molar-refractivity contribution in [2.24, 2.45) is 0 Å². The Morgan fingerprint density at radius 2 is 0.519 bits per heavy atom. The summed E-state index contributed by atoms with van der Waals surface area (Å²) in [6.45, 7) is 4.58. The van der Waals surface area contributed by atoms with Crippen LogP contribution < -0.4 is 0 Å². The monoisotopic (exact) mass is 1500 g/mol. The molecule has 0 saturated carbocycles. The molecule has 0 radical (unpaired) electrons. The van der Waals surface area contributed by atoms with E-state index in [9.17, 15) is 43.2 Å². The topological polar surface area (TPSA) is 237 Å². The van der Waals surface area contributed by atoms with Crippen molar-refractivity contribution in [1.82, 2.24) is 0 Å². The molecule has 0 amide bonds. The summed E-state index contributed by atoms with van der Waals surface area (Å²) >= 11 is 0. The van der Waals surface area contributed by atoms with Crippen molar-refractivity contribution in [3.05, 3.63) is 134 Å². The molecule has 0 aromatic heterocycles. The Hall–Kier alpha value is -4.80. The van der Waals surface area contributed by atoms with Crippen LogP contribution in [-0.4, -0.2) is 96.7 Å². The molecule has 0 aliphatic carbocycles. The highest BCUT2D eigenvalue weighted by molar-refractivity contribution is 7.47. The molecule has 0 aliphatic heterocycles. The fraction of sp³-hybridized carbons (Fsp3) is 0.694. The van der Waals surface area contributed by atoms with E-state index in [1.54, 1.807) is 0 Å². The molecule has 17 nitrogen and oxygen atoms in total. The van der Waals surface area contributed by atoms with E-state index in [1.165, 1.54) is 38.5 Å². The van der Waals surface area contributed by atoms with E-state index in [4.69, 9.17) is 37.0 Å². The third-order valence-corrected chi connectivity index (χ3v) is 18.5. The zero-order valence-electron chi connectivity index (χ0n) is 65.2. The van der Waals surface area contributed by atoms with Crippen LogP contribution in [0.3, 0.4) is 0 Å². The lowest BCUT2D eigenvalue weighted by Gasteiger charge is -2.21. The maximum Gasteiger partial charge on any atom is 0.472 e. The van der Waals surface area contributed by atoms with Crippen molar-refractivity contribution in [1.29, 1.82) is 0 Å². The van der Waals surface area contributed by atoms with E-state index in [-0.39, 0.29) is 25.7 Å². The molecule has 0 aromatic rings. The maximum absolute atomic E-state index is 13.1. The minimum absolute atomic E-state index is 0.0700. The van der Waals surface area contributed by atoms with Crippen LogP contribution in [0, 0.1) is 0 Å². The molecule has 0 heterocycles. The van der Waals surface area contributed by atoms with Gasteiger partial charge in [-0.1, -0.05) is 271 Å². The molecule has 0 aromatic carbocycles. The quantitative estimate of drug-likeness (QED) is 0.0169. The number of carbonyl (C=O) groups is 4. The van der Waals surface area contributed by atoms with Crippen LogP contribution in [0.5, 0.6) is 0 Å². The van der Waals surface area contributed by atoms with Gasteiger partial charge in [0.1, 0.15) is 19.3 Å². The van der Waals surface area contributed by atoms with E-state index >= 15 is 0 Å². The maximum atomic E-state index is 13.1. The molecule has 5 unspecified atom stereocenters. The van der Waals surface area contributed by atoms with Crippen LogP contribution in [0.2, 0.25) is 0 Å². The van der Waals surface area contributed by atoms with Gasteiger partial charge >= 0.3 is 39.5 Å². The van der Waals surface area contributed by atoms with Gasteiger partial charge in [0, 0.05) is 25.7 Å². The van der Waals surface area contributed by atoms with E-state index in [0.717, 1.165) is 205 Å². The summed E-state index contributed by atoms with van der Waals surface area (Å²) in [4.78, 5) is 73.0. The summed E-state index contributed by atoms with van der Waals surface area (Å²) in [5, 5.41) is 10.6. The molecule has 0 saturated heterocycles. The Kier molecular flexibility index (Phi) is 72.9. The second kappa shape index (κ2) is 76.4. The first-order valence-electron chi connectivity index (χ1n) is 40.4. The molecular formula is C85H144O17P2. The van der Waals surface area contributed by atoms with E-state index in [0.29, 0.717) is 25.7 Å². The number of carbonyl (C=O) groups excluding carboxylic acids is 4. The summed E-state index contributed by atoms with van der Waals surface area (Å²) < 4.78 is 68.6. The molecule has 3 N–H and O–H groups in total. The van der Waals surface area contributed by atoms with Crippen molar-refractivity contribution < 1.29 is 80.2 Å². The van der Waals surface area contributed by atoms with Gasteiger partial charge in [-0.15, -0.1) is 0 Å². The highest BCUT2D eigenvalue weighted by Gasteiger charge is 2.30. The Bertz CT molecular complexity index is 2490. The van der Waals surface area contributed by atoms with Crippen molar-refractivity contribution in [2.75, 3.05) is 39.6 Å². The van der Waals surface area contributed by atoms with E-state index in [1.807, 2.05) is 0 Å². The van der Waals surface area contributed by atoms with Crippen molar-refractivity contribution in [3.63, 3.8) is 0 Å². The van der Waals surface area contributed by atoms with Crippen LogP contribution in [0.1, 0.15) is 323 Å². The first kappa shape index (κ1) is 99.2. The molecule has 19 heteroatoms. The smallest absolute Gasteiger partial charge is 0.462 e. The average Bonchev–Trinajstić information content (AvgIpc) is 0.939. The van der Waals surface area contributed by atoms with Crippen LogP contribution in [-0.2, 0) is 65.4 Å². The number of allylic oxidation sites excluding steroid dienone is 22. The van der Waals surface area contributed by atoms with Crippen LogP contribution >= 0.6 is 15.6 Å². The first-order valence-corrected chi connectivity index (χ1v) is 43.4. The van der Waals surface area contributed by atoms with Gasteiger partial charge in [-0.25, -0.2) is 9.13 Å². The molecule has 0 aliphatic rings. The van der Waals surface area contributed by atoms with Gasteiger partial charge in [-0.3, -0.25) is 37.3 Å². The Balaban J connectivity index is 5.39. The second-order valence-corrected chi connectivity index (χ2v) is 29.5. The predicted octanol–water partition coefficient (Wildman–Crippen LogP) is 23.7. The normalized spacial score (nSPS) is 14.6. The number of unbranched alkanes of at least 4 members (excludes halogenated alkanes) is 27. The highest BCUT2D eigenvalue weighted by atomic mass is 31.2. The molecule has 5 atom stereocenters. The van der Waals surface area contributed by atoms with Crippen LogP contribution in [0.15, 0.2) is 134 Å². The van der Waals surface area contributed by atoms with Crippen molar-refractivity contribution in [3.8, 4) is 0 Å². The molecule has 596 valence electrons. The standard InChI is InChI=1S/C85H144O17P2/c1-5-9-13-17-21-25-29-33-36-38-39-41-44-47-50-54-58-62-66-70-83(88)95-75-80(101-84(89)71-67-63-59-55-51-45-32-28-24-20-16-12-8-4)77-99-103(91,92)97-73-79(86)74-98-104(93,94)100-78-81(102-85(90)72-68-64-60-56-52-48-42-35-31-27-23-19-15-11-7-3)76-96-82(87)69-65-61-57-53-49-46-43-40-37-34-30-26-22-18-14-10-6-2/h10,14,16,20-23,25-28,32-37,39,41-43,46,79-81,86H,5-9,11-13,15,17-19,24,29-31,38,40,44-45,47-78H2,1-4H3,(H,91,92)(H,93,94)/b14-10-,20-16-,25-21-,26-22-,27-23-,32-28-,36-33-,37-34-,41-39-,42-35-,46-43-. The number of hydrogen-bond donors (Lipinski definition) is 3. The third kappa shape index (κ3) is 75.4. The fourth-order valence-corrected chi connectivity index (χ4v) is 12.0. The van der Waals surface area contributed by atoms with Gasteiger partial charge in [0.2, 0.25) is 0 Å². The first-order chi connectivity index (χ1) is 50.7. The van der Waals surface area contributed by atoms with Crippen molar-refractivity contribution >= 4 is 39.5 Å². The van der Waals surface area contributed by atoms with Gasteiger partial charge in [-0.2, -0.15) is 0 Å². The summed E-state index contributed by atoms with van der Waals surface area (Å²) in [7, 11) is -9.98. The largest absolute Gasteiger partial charge is 0.472 e. The summed E-state index contributed by atoms with van der Waals surface area (Å²) in [6.07, 6.45) is 85.6.